The molecular formula is C11H11Cl2N5O. The lowest BCUT2D eigenvalue weighted by molar-refractivity contribution is 0.0938. The third-order valence-corrected chi connectivity index (χ3v) is 3.06. The van der Waals surface area contributed by atoms with Crippen LogP contribution in [0, 0.1) is 0 Å². The summed E-state index contributed by atoms with van der Waals surface area (Å²) in [5, 5.41) is 10.9. The first-order valence-corrected chi connectivity index (χ1v) is 6.20. The standard InChI is InChI=1S/C11H11Cl2N5O/c1-6(10-17-15-5-18(10)2)16-11(19)7-3-9(13)14-4-8(7)12/h3-6H,1-2H3,(H,16,19). The van der Waals surface area contributed by atoms with Gasteiger partial charge in [0.1, 0.15) is 11.5 Å². The number of pyridine rings is 1. The number of carbonyl (C=O) groups is 1. The molecule has 0 radical (unpaired) electrons. The van der Waals surface area contributed by atoms with Crippen molar-refractivity contribution in [1.29, 1.82) is 0 Å². The topological polar surface area (TPSA) is 72.7 Å². The molecule has 0 aliphatic heterocycles. The minimum atomic E-state index is -0.343. The summed E-state index contributed by atoms with van der Waals surface area (Å²) >= 11 is 11.7. The van der Waals surface area contributed by atoms with Gasteiger partial charge in [0.15, 0.2) is 5.82 Å². The Morgan fingerprint density at radius 1 is 1.47 bits per heavy atom. The minimum Gasteiger partial charge on any atom is -0.342 e. The number of amides is 1. The van der Waals surface area contributed by atoms with Crippen molar-refractivity contribution < 1.29 is 4.79 Å². The molecule has 8 heteroatoms. The molecule has 2 aromatic rings. The van der Waals surface area contributed by atoms with E-state index in [2.05, 4.69) is 20.5 Å². The summed E-state index contributed by atoms with van der Waals surface area (Å²) in [5.41, 5.74) is 0.274. The van der Waals surface area contributed by atoms with E-state index >= 15 is 0 Å². The van der Waals surface area contributed by atoms with E-state index in [9.17, 15) is 4.79 Å². The van der Waals surface area contributed by atoms with Gasteiger partial charge in [-0.2, -0.15) is 0 Å². The summed E-state index contributed by atoms with van der Waals surface area (Å²) in [6, 6.07) is 1.12. The maximum absolute atomic E-state index is 12.1. The highest BCUT2D eigenvalue weighted by atomic mass is 35.5. The van der Waals surface area contributed by atoms with E-state index in [1.807, 2.05) is 0 Å². The molecule has 1 amide bonds. The van der Waals surface area contributed by atoms with E-state index in [1.54, 1.807) is 24.9 Å². The number of nitrogens with zero attached hydrogens (tertiary/aromatic N) is 4. The Kier molecular flexibility index (Phi) is 4.01. The molecule has 1 unspecified atom stereocenters. The average molecular weight is 300 g/mol. The van der Waals surface area contributed by atoms with Gasteiger partial charge in [-0.05, 0) is 13.0 Å². The molecule has 0 saturated heterocycles. The predicted molar refractivity (Wildman–Crippen MR) is 71.1 cm³/mol. The normalized spacial score (nSPS) is 12.2. The van der Waals surface area contributed by atoms with Gasteiger partial charge in [0.25, 0.3) is 5.91 Å². The molecule has 0 aliphatic carbocycles. The minimum absolute atomic E-state index is 0.209. The first-order valence-electron chi connectivity index (χ1n) is 5.45. The molecular weight excluding hydrogens is 289 g/mol. The molecule has 0 aromatic carbocycles. The predicted octanol–water partition coefficient (Wildman–Crippen LogP) is 2.01. The maximum Gasteiger partial charge on any atom is 0.253 e. The molecule has 0 bridgehead atoms. The smallest absolute Gasteiger partial charge is 0.253 e. The van der Waals surface area contributed by atoms with E-state index in [0.717, 1.165) is 0 Å². The molecule has 1 atom stereocenters. The number of carbonyl (C=O) groups excluding carboxylic acids is 1. The maximum atomic E-state index is 12.1. The first kappa shape index (κ1) is 13.8. The second kappa shape index (κ2) is 5.54. The van der Waals surface area contributed by atoms with Gasteiger partial charge in [-0.1, -0.05) is 23.2 Å². The molecule has 2 aromatic heterocycles. The Hall–Kier alpha value is -1.66. The van der Waals surface area contributed by atoms with Gasteiger partial charge in [0, 0.05) is 13.2 Å². The van der Waals surface area contributed by atoms with Crippen LogP contribution in [0.5, 0.6) is 0 Å². The lowest BCUT2D eigenvalue weighted by Gasteiger charge is -2.13. The third kappa shape index (κ3) is 3.02. The zero-order chi connectivity index (χ0) is 14.0. The largest absolute Gasteiger partial charge is 0.342 e. The summed E-state index contributed by atoms with van der Waals surface area (Å²) in [5.74, 6) is 0.300. The van der Waals surface area contributed by atoms with Crippen LogP contribution in [0.15, 0.2) is 18.6 Å². The summed E-state index contributed by atoms with van der Waals surface area (Å²) in [6.07, 6.45) is 2.90. The number of rotatable bonds is 3. The van der Waals surface area contributed by atoms with Crippen LogP contribution >= 0.6 is 23.2 Å². The number of halogens is 2. The Morgan fingerprint density at radius 2 is 2.21 bits per heavy atom. The van der Waals surface area contributed by atoms with Crippen LogP contribution < -0.4 is 5.32 Å². The second-order valence-corrected chi connectivity index (χ2v) is 4.78. The fraction of sp³-hybridized carbons (Fsp3) is 0.273. The van der Waals surface area contributed by atoms with E-state index in [0.29, 0.717) is 5.82 Å². The van der Waals surface area contributed by atoms with Crippen LogP contribution in [-0.4, -0.2) is 25.7 Å². The lowest BCUT2D eigenvalue weighted by Crippen LogP contribution is -2.28. The van der Waals surface area contributed by atoms with Crippen molar-refractivity contribution in [3.05, 3.63) is 40.2 Å². The van der Waals surface area contributed by atoms with Crippen molar-refractivity contribution in [2.45, 2.75) is 13.0 Å². The molecule has 0 saturated carbocycles. The van der Waals surface area contributed by atoms with Crippen LogP contribution in [0.2, 0.25) is 10.2 Å². The number of nitrogens with one attached hydrogen (secondary N) is 1. The van der Waals surface area contributed by atoms with Crippen molar-refractivity contribution in [1.82, 2.24) is 25.1 Å². The van der Waals surface area contributed by atoms with Gasteiger partial charge >= 0.3 is 0 Å². The number of aromatic nitrogens is 4. The van der Waals surface area contributed by atoms with Crippen molar-refractivity contribution in [3.8, 4) is 0 Å². The summed E-state index contributed by atoms with van der Waals surface area (Å²) < 4.78 is 1.73. The van der Waals surface area contributed by atoms with Crippen LogP contribution in [0.4, 0.5) is 0 Å². The quantitative estimate of drug-likeness (QED) is 0.880. The molecule has 1 N–H and O–H groups in total. The van der Waals surface area contributed by atoms with Gasteiger partial charge in [-0.15, -0.1) is 10.2 Å². The molecule has 100 valence electrons. The molecule has 2 rings (SSSR count). The highest BCUT2D eigenvalue weighted by Crippen LogP contribution is 2.19. The molecule has 0 fully saturated rings. The Morgan fingerprint density at radius 3 is 2.84 bits per heavy atom. The van der Waals surface area contributed by atoms with Crippen molar-refractivity contribution in [2.75, 3.05) is 0 Å². The highest BCUT2D eigenvalue weighted by Gasteiger charge is 2.17. The van der Waals surface area contributed by atoms with Gasteiger partial charge < -0.3 is 9.88 Å². The van der Waals surface area contributed by atoms with Crippen LogP contribution in [0.3, 0.4) is 0 Å². The second-order valence-electron chi connectivity index (χ2n) is 3.98. The van der Waals surface area contributed by atoms with Crippen molar-refractivity contribution in [2.24, 2.45) is 7.05 Å². The fourth-order valence-corrected chi connectivity index (χ4v) is 1.96. The summed E-state index contributed by atoms with van der Waals surface area (Å²) in [4.78, 5) is 15.9. The molecule has 6 nitrogen and oxygen atoms in total. The van der Waals surface area contributed by atoms with Crippen molar-refractivity contribution in [3.63, 3.8) is 0 Å². The SMILES string of the molecule is CC(NC(=O)c1cc(Cl)ncc1Cl)c1nncn1C. The first-order chi connectivity index (χ1) is 8.99. The van der Waals surface area contributed by atoms with Crippen LogP contribution in [0.1, 0.15) is 29.1 Å². The van der Waals surface area contributed by atoms with Crippen LogP contribution in [0.25, 0.3) is 0 Å². The third-order valence-electron chi connectivity index (χ3n) is 2.55. The number of hydrogen-bond acceptors (Lipinski definition) is 4. The molecule has 19 heavy (non-hydrogen) atoms. The van der Waals surface area contributed by atoms with E-state index in [1.165, 1.54) is 12.3 Å². The van der Waals surface area contributed by atoms with E-state index in [-0.39, 0.29) is 27.7 Å². The zero-order valence-corrected chi connectivity index (χ0v) is 11.8. The number of hydrogen-bond donors (Lipinski definition) is 1. The van der Waals surface area contributed by atoms with Gasteiger partial charge in [-0.3, -0.25) is 4.79 Å². The summed E-state index contributed by atoms with van der Waals surface area (Å²) in [6.45, 7) is 1.80. The van der Waals surface area contributed by atoms with Gasteiger partial charge in [-0.25, -0.2) is 4.98 Å². The Balaban J connectivity index is 2.17. The summed E-state index contributed by atoms with van der Waals surface area (Å²) in [7, 11) is 1.80. The molecule has 2 heterocycles. The van der Waals surface area contributed by atoms with E-state index in [4.69, 9.17) is 23.2 Å². The monoisotopic (exact) mass is 299 g/mol. The number of aryl methyl sites for hydroxylation is 1. The lowest BCUT2D eigenvalue weighted by atomic mass is 10.2. The van der Waals surface area contributed by atoms with Crippen molar-refractivity contribution >= 4 is 29.1 Å². The zero-order valence-electron chi connectivity index (χ0n) is 10.3. The molecule has 0 aliphatic rings. The highest BCUT2D eigenvalue weighted by molar-refractivity contribution is 6.35. The molecule has 0 spiro atoms. The van der Waals surface area contributed by atoms with Gasteiger partial charge in [0.2, 0.25) is 0 Å². The Labute approximate surface area is 119 Å². The van der Waals surface area contributed by atoms with Gasteiger partial charge in [0.05, 0.1) is 16.6 Å². The van der Waals surface area contributed by atoms with E-state index < -0.39 is 0 Å². The van der Waals surface area contributed by atoms with Crippen LogP contribution in [-0.2, 0) is 7.05 Å². The average Bonchev–Trinajstić information content (AvgIpc) is 2.78. The fourth-order valence-electron chi connectivity index (χ4n) is 1.61. The Bertz CT molecular complexity index is 613.